The Labute approximate surface area is 117 Å². The lowest BCUT2D eigenvalue weighted by atomic mass is 10.3. The third-order valence-electron chi connectivity index (χ3n) is 2.69. The first-order valence-corrected chi connectivity index (χ1v) is 7.02. The minimum Gasteiger partial charge on any atom is -0.475 e. The standard InChI is InChI=1S/C14H18N2O2S/c1-11-5-8-19-13(11)10-15-12-3-4-14(16-9-12)18-7-6-17-2/h3-5,8-9,15H,6-7,10H2,1-2H3. The van der Waals surface area contributed by atoms with Crippen LogP contribution in [0.2, 0.25) is 0 Å². The van der Waals surface area contributed by atoms with Crippen molar-refractivity contribution in [1.29, 1.82) is 0 Å². The van der Waals surface area contributed by atoms with Gasteiger partial charge in [0.15, 0.2) is 0 Å². The monoisotopic (exact) mass is 278 g/mol. The summed E-state index contributed by atoms with van der Waals surface area (Å²) in [6.45, 7) is 4.04. The Morgan fingerprint density at radius 2 is 2.16 bits per heavy atom. The van der Waals surface area contributed by atoms with Crippen LogP contribution in [0.1, 0.15) is 10.4 Å². The molecule has 0 aliphatic carbocycles. The number of hydrogen-bond donors (Lipinski definition) is 1. The first-order chi connectivity index (χ1) is 9.29. The van der Waals surface area contributed by atoms with Gasteiger partial charge in [0.05, 0.1) is 18.5 Å². The van der Waals surface area contributed by atoms with Gasteiger partial charge < -0.3 is 14.8 Å². The van der Waals surface area contributed by atoms with Crippen molar-refractivity contribution in [3.63, 3.8) is 0 Å². The van der Waals surface area contributed by atoms with Crippen LogP contribution in [-0.4, -0.2) is 25.3 Å². The number of aromatic nitrogens is 1. The topological polar surface area (TPSA) is 43.4 Å². The first-order valence-electron chi connectivity index (χ1n) is 6.14. The van der Waals surface area contributed by atoms with Crippen molar-refractivity contribution in [2.75, 3.05) is 25.6 Å². The first kappa shape index (κ1) is 13.8. The number of ether oxygens (including phenoxy) is 2. The Hall–Kier alpha value is -1.59. The third kappa shape index (κ3) is 4.22. The average molecular weight is 278 g/mol. The molecule has 0 fully saturated rings. The Balaban J connectivity index is 1.83. The van der Waals surface area contributed by atoms with Gasteiger partial charge in [-0.2, -0.15) is 0 Å². The maximum absolute atomic E-state index is 5.41. The molecule has 102 valence electrons. The van der Waals surface area contributed by atoms with E-state index >= 15 is 0 Å². The van der Waals surface area contributed by atoms with Gasteiger partial charge in [-0.1, -0.05) is 0 Å². The van der Waals surface area contributed by atoms with Crippen LogP contribution in [0.25, 0.3) is 0 Å². The SMILES string of the molecule is COCCOc1ccc(NCc2sccc2C)cn1. The summed E-state index contributed by atoms with van der Waals surface area (Å²) in [5, 5.41) is 5.46. The zero-order chi connectivity index (χ0) is 13.5. The largest absolute Gasteiger partial charge is 0.475 e. The maximum atomic E-state index is 5.41. The molecular weight excluding hydrogens is 260 g/mol. The van der Waals surface area contributed by atoms with Gasteiger partial charge in [-0.15, -0.1) is 11.3 Å². The Morgan fingerprint density at radius 1 is 1.26 bits per heavy atom. The summed E-state index contributed by atoms with van der Waals surface area (Å²) < 4.78 is 10.3. The zero-order valence-corrected chi connectivity index (χ0v) is 12.0. The molecule has 0 aromatic carbocycles. The van der Waals surface area contributed by atoms with Gasteiger partial charge in [-0.05, 0) is 30.0 Å². The highest BCUT2D eigenvalue weighted by molar-refractivity contribution is 7.10. The van der Waals surface area contributed by atoms with E-state index in [2.05, 4.69) is 28.7 Å². The third-order valence-corrected chi connectivity index (χ3v) is 3.72. The zero-order valence-electron chi connectivity index (χ0n) is 11.2. The van der Waals surface area contributed by atoms with Gasteiger partial charge in [0.2, 0.25) is 5.88 Å². The summed E-state index contributed by atoms with van der Waals surface area (Å²) in [6, 6.07) is 5.96. The Morgan fingerprint density at radius 3 is 2.79 bits per heavy atom. The quantitative estimate of drug-likeness (QED) is 0.790. The molecule has 5 heteroatoms. The molecule has 0 radical (unpaired) electrons. The molecule has 2 rings (SSSR count). The van der Waals surface area contributed by atoms with Crippen LogP contribution in [0.3, 0.4) is 0 Å². The Kier molecular flexibility index (Phi) is 5.18. The number of hydrogen-bond acceptors (Lipinski definition) is 5. The molecule has 2 aromatic heterocycles. The fourth-order valence-electron chi connectivity index (χ4n) is 1.57. The molecule has 0 saturated carbocycles. The second-order valence-corrected chi connectivity index (χ2v) is 5.11. The fourth-order valence-corrected chi connectivity index (χ4v) is 2.41. The highest BCUT2D eigenvalue weighted by Crippen LogP contribution is 2.18. The van der Waals surface area contributed by atoms with Crippen molar-refractivity contribution in [1.82, 2.24) is 4.98 Å². The molecular formula is C14H18N2O2S. The van der Waals surface area contributed by atoms with Crippen molar-refractivity contribution in [2.24, 2.45) is 0 Å². The summed E-state index contributed by atoms with van der Waals surface area (Å²) in [4.78, 5) is 5.58. The summed E-state index contributed by atoms with van der Waals surface area (Å²) >= 11 is 1.76. The van der Waals surface area contributed by atoms with Gasteiger partial charge >= 0.3 is 0 Å². The molecule has 2 aromatic rings. The lowest BCUT2D eigenvalue weighted by Crippen LogP contribution is -2.05. The number of thiophene rings is 1. The van der Waals surface area contributed by atoms with Crippen molar-refractivity contribution >= 4 is 17.0 Å². The van der Waals surface area contributed by atoms with Crippen molar-refractivity contribution < 1.29 is 9.47 Å². The molecule has 0 aliphatic rings. The van der Waals surface area contributed by atoms with E-state index in [0.717, 1.165) is 12.2 Å². The molecule has 0 atom stereocenters. The number of nitrogens with one attached hydrogen (secondary N) is 1. The van der Waals surface area contributed by atoms with Gasteiger partial charge in [-0.25, -0.2) is 4.98 Å². The molecule has 0 aliphatic heterocycles. The van der Waals surface area contributed by atoms with Crippen LogP contribution >= 0.6 is 11.3 Å². The smallest absolute Gasteiger partial charge is 0.213 e. The van der Waals surface area contributed by atoms with Crippen LogP contribution in [-0.2, 0) is 11.3 Å². The van der Waals surface area contributed by atoms with E-state index in [4.69, 9.17) is 9.47 Å². The van der Waals surface area contributed by atoms with Crippen LogP contribution < -0.4 is 10.1 Å². The molecule has 2 heterocycles. The van der Waals surface area contributed by atoms with E-state index in [-0.39, 0.29) is 0 Å². The van der Waals surface area contributed by atoms with Crippen molar-refractivity contribution in [3.8, 4) is 5.88 Å². The second kappa shape index (κ2) is 7.11. The molecule has 0 unspecified atom stereocenters. The fraction of sp³-hybridized carbons (Fsp3) is 0.357. The highest BCUT2D eigenvalue weighted by atomic mass is 32.1. The minimum absolute atomic E-state index is 0.519. The van der Waals surface area contributed by atoms with Crippen LogP contribution in [0.15, 0.2) is 29.8 Å². The number of aryl methyl sites for hydroxylation is 1. The normalized spacial score (nSPS) is 10.4. The van der Waals surface area contributed by atoms with Crippen LogP contribution in [0, 0.1) is 6.92 Å². The molecule has 0 saturated heterocycles. The Bertz CT molecular complexity index is 496. The lowest BCUT2D eigenvalue weighted by molar-refractivity contribution is 0.144. The number of methoxy groups -OCH3 is 1. The van der Waals surface area contributed by atoms with Gasteiger partial charge in [0.1, 0.15) is 6.61 Å². The van der Waals surface area contributed by atoms with Gasteiger partial charge in [0.25, 0.3) is 0 Å². The molecule has 19 heavy (non-hydrogen) atoms. The second-order valence-electron chi connectivity index (χ2n) is 4.11. The predicted octanol–water partition coefficient (Wildman–Crippen LogP) is 3.09. The molecule has 0 bridgehead atoms. The summed E-state index contributed by atoms with van der Waals surface area (Å²) in [6.07, 6.45) is 1.78. The highest BCUT2D eigenvalue weighted by Gasteiger charge is 2.00. The van der Waals surface area contributed by atoms with Crippen molar-refractivity contribution in [2.45, 2.75) is 13.5 Å². The average Bonchev–Trinajstić information content (AvgIpc) is 2.84. The van der Waals surface area contributed by atoms with Crippen LogP contribution in [0.4, 0.5) is 5.69 Å². The molecule has 1 N–H and O–H groups in total. The van der Waals surface area contributed by atoms with Gasteiger partial charge in [-0.3, -0.25) is 0 Å². The van der Waals surface area contributed by atoms with E-state index in [9.17, 15) is 0 Å². The number of anilines is 1. The van der Waals surface area contributed by atoms with Crippen molar-refractivity contribution in [3.05, 3.63) is 40.2 Å². The number of rotatable bonds is 7. The number of pyridine rings is 1. The lowest BCUT2D eigenvalue weighted by Gasteiger charge is -2.07. The summed E-state index contributed by atoms with van der Waals surface area (Å²) in [5.74, 6) is 0.620. The van der Waals surface area contributed by atoms with E-state index < -0.39 is 0 Å². The summed E-state index contributed by atoms with van der Waals surface area (Å²) in [7, 11) is 1.65. The molecule has 0 spiro atoms. The van der Waals surface area contributed by atoms with Gasteiger partial charge in [0, 0.05) is 24.6 Å². The van der Waals surface area contributed by atoms with E-state index in [1.807, 2.05) is 12.1 Å². The maximum Gasteiger partial charge on any atom is 0.213 e. The molecule has 4 nitrogen and oxygen atoms in total. The van der Waals surface area contributed by atoms with E-state index in [0.29, 0.717) is 19.1 Å². The van der Waals surface area contributed by atoms with E-state index in [1.54, 1.807) is 24.6 Å². The number of nitrogens with zero attached hydrogens (tertiary/aromatic N) is 1. The van der Waals surface area contributed by atoms with Crippen LogP contribution in [0.5, 0.6) is 5.88 Å². The van der Waals surface area contributed by atoms with E-state index in [1.165, 1.54) is 10.4 Å². The summed E-state index contributed by atoms with van der Waals surface area (Å²) in [5.41, 5.74) is 2.32. The molecule has 0 amide bonds. The predicted molar refractivity (Wildman–Crippen MR) is 78.0 cm³/mol. The minimum atomic E-state index is 0.519.